The van der Waals surface area contributed by atoms with Crippen LogP contribution in [0.2, 0.25) is 0 Å². The monoisotopic (exact) mass is 285 g/mol. The Morgan fingerprint density at radius 1 is 1.16 bits per heavy atom. The molecule has 1 rings (SSSR count). The Morgan fingerprint density at radius 3 is 2.32 bits per heavy atom. The van der Waals surface area contributed by atoms with Gasteiger partial charge in [0.15, 0.2) is 9.84 Å². The molecule has 5 heteroatoms. The summed E-state index contributed by atoms with van der Waals surface area (Å²) in [5, 5.41) is 12.1. The first-order valence-electron chi connectivity index (χ1n) is 6.59. The largest absolute Gasteiger partial charge is 0.396 e. The number of aliphatic hydroxyl groups excluding tert-OH is 1. The summed E-state index contributed by atoms with van der Waals surface area (Å²) in [6.45, 7) is 3.21. The number of aliphatic hydroxyl groups is 1. The predicted octanol–water partition coefficient (Wildman–Crippen LogP) is 1.90. The smallest absolute Gasteiger partial charge is 0.175 e. The minimum absolute atomic E-state index is 0.197. The van der Waals surface area contributed by atoms with E-state index in [0.29, 0.717) is 4.90 Å². The van der Waals surface area contributed by atoms with Gasteiger partial charge in [0, 0.05) is 18.9 Å². The highest BCUT2D eigenvalue weighted by Crippen LogP contribution is 2.16. The van der Waals surface area contributed by atoms with E-state index in [0.717, 1.165) is 31.4 Å². The molecule has 0 radical (unpaired) electrons. The molecule has 19 heavy (non-hydrogen) atoms. The van der Waals surface area contributed by atoms with Crippen molar-refractivity contribution in [1.82, 2.24) is 5.32 Å². The van der Waals surface area contributed by atoms with Crippen molar-refractivity contribution < 1.29 is 13.5 Å². The van der Waals surface area contributed by atoms with Gasteiger partial charge in [-0.3, -0.25) is 0 Å². The molecule has 0 amide bonds. The van der Waals surface area contributed by atoms with Crippen LogP contribution in [0.3, 0.4) is 0 Å². The number of unbranched alkanes of at least 4 members (excludes halogenated alkanes) is 2. The lowest BCUT2D eigenvalue weighted by Gasteiger charge is -2.14. The molecule has 4 nitrogen and oxygen atoms in total. The lowest BCUT2D eigenvalue weighted by molar-refractivity contribution is 0.282. The maximum absolute atomic E-state index is 11.4. The van der Waals surface area contributed by atoms with Crippen molar-refractivity contribution in [3.05, 3.63) is 29.8 Å². The highest BCUT2D eigenvalue weighted by molar-refractivity contribution is 7.90. The van der Waals surface area contributed by atoms with Crippen molar-refractivity contribution in [2.75, 3.05) is 19.4 Å². The van der Waals surface area contributed by atoms with Crippen LogP contribution in [0.25, 0.3) is 0 Å². The molecule has 1 aromatic carbocycles. The van der Waals surface area contributed by atoms with E-state index in [9.17, 15) is 8.42 Å². The normalized spacial score (nSPS) is 13.4. The second-order valence-electron chi connectivity index (χ2n) is 4.80. The Bertz CT molecular complexity index is 468. The van der Waals surface area contributed by atoms with E-state index in [1.807, 2.05) is 12.1 Å². The standard InChI is InChI=1S/C14H23NO3S/c1-12(15-10-4-3-5-11-16)13-6-8-14(9-7-13)19(2,17)18/h6-9,12,15-16H,3-5,10-11H2,1-2H3. The molecule has 0 aromatic heterocycles. The minimum atomic E-state index is -3.12. The fourth-order valence-electron chi connectivity index (χ4n) is 1.85. The zero-order valence-electron chi connectivity index (χ0n) is 11.6. The Labute approximate surface area is 115 Å². The second kappa shape index (κ2) is 7.62. The van der Waals surface area contributed by atoms with E-state index in [1.165, 1.54) is 6.26 Å². The molecular weight excluding hydrogens is 262 g/mol. The zero-order valence-corrected chi connectivity index (χ0v) is 12.4. The summed E-state index contributed by atoms with van der Waals surface area (Å²) in [7, 11) is -3.12. The first-order chi connectivity index (χ1) is 8.95. The highest BCUT2D eigenvalue weighted by Gasteiger charge is 2.08. The van der Waals surface area contributed by atoms with Gasteiger partial charge in [0.2, 0.25) is 0 Å². The van der Waals surface area contributed by atoms with Crippen LogP contribution >= 0.6 is 0 Å². The van der Waals surface area contributed by atoms with Gasteiger partial charge >= 0.3 is 0 Å². The number of nitrogens with one attached hydrogen (secondary N) is 1. The van der Waals surface area contributed by atoms with Crippen LogP contribution in [0, 0.1) is 0 Å². The van der Waals surface area contributed by atoms with Gasteiger partial charge in [-0.05, 0) is 50.4 Å². The number of rotatable bonds is 8. The summed E-state index contributed by atoms with van der Waals surface area (Å²) in [4.78, 5) is 0.353. The molecule has 0 spiro atoms. The molecule has 0 heterocycles. The third-order valence-electron chi connectivity index (χ3n) is 3.09. The molecule has 1 aromatic rings. The number of hydrogen-bond acceptors (Lipinski definition) is 4. The van der Waals surface area contributed by atoms with Gasteiger partial charge in [0.25, 0.3) is 0 Å². The van der Waals surface area contributed by atoms with Crippen molar-refractivity contribution in [3.63, 3.8) is 0 Å². The Hall–Kier alpha value is -0.910. The summed E-state index contributed by atoms with van der Waals surface area (Å²) < 4.78 is 22.7. The molecule has 108 valence electrons. The fraction of sp³-hybridized carbons (Fsp3) is 0.571. The van der Waals surface area contributed by atoms with Crippen molar-refractivity contribution in [2.24, 2.45) is 0 Å². The molecule has 2 N–H and O–H groups in total. The summed E-state index contributed by atoms with van der Waals surface area (Å²) in [5.41, 5.74) is 1.08. The van der Waals surface area contributed by atoms with E-state index in [4.69, 9.17) is 5.11 Å². The first-order valence-corrected chi connectivity index (χ1v) is 8.48. The molecule has 0 fully saturated rings. The third kappa shape index (κ3) is 5.72. The number of hydrogen-bond donors (Lipinski definition) is 2. The second-order valence-corrected chi connectivity index (χ2v) is 6.82. The molecule has 0 bridgehead atoms. The van der Waals surface area contributed by atoms with Crippen LogP contribution in [0.1, 0.15) is 37.8 Å². The maximum Gasteiger partial charge on any atom is 0.175 e. The van der Waals surface area contributed by atoms with Gasteiger partial charge in [-0.1, -0.05) is 12.1 Å². The van der Waals surface area contributed by atoms with Gasteiger partial charge in [-0.15, -0.1) is 0 Å². The molecule has 0 aliphatic carbocycles. The average molecular weight is 285 g/mol. The molecule has 0 aliphatic rings. The lowest BCUT2D eigenvalue weighted by atomic mass is 10.1. The molecule has 1 unspecified atom stereocenters. The van der Waals surface area contributed by atoms with Crippen molar-refractivity contribution in [1.29, 1.82) is 0 Å². The Balaban J connectivity index is 2.47. The van der Waals surface area contributed by atoms with E-state index in [1.54, 1.807) is 12.1 Å². The van der Waals surface area contributed by atoms with Gasteiger partial charge in [0.05, 0.1) is 4.90 Å². The predicted molar refractivity (Wildman–Crippen MR) is 76.9 cm³/mol. The van der Waals surface area contributed by atoms with Crippen LogP contribution in [0.15, 0.2) is 29.2 Å². The van der Waals surface area contributed by atoms with Crippen LogP contribution in [0.4, 0.5) is 0 Å². The van der Waals surface area contributed by atoms with Crippen LogP contribution < -0.4 is 5.32 Å². The molecule has 0 saturated carbocycles. The maximum atomic E-state index is 11.4. The number of benzene rings is 1. The summed E-state index contributed by atoms with van der Waals surface area (Å²) in [6, 6.07) is 7.19. The molecule has 0 saturated heterocycles. The summed E-state index contributed by atoms with van der Waals surface area (Å²) in [6.07, 6.45) is 4.11. The van der Waals surface area contributed by atoms with E-state index < -0.39 is 9.84 Å². The fourth-order valence-corrected chi connectivity index (χ4v) is 2.48. The molecule has 0 aliphatic heterocycles. The first kappa shape index (κ1) is 16.1. The molecule has 1 atom stereocenters. The minimum Gasteiger partial charge on any atom is -0.396 e. The van der Waals surface area contributed by atoms with Gasteiger partial charge < -0.3 is 10.4 Å². The summed E-state index contributed by atoms with van der Waals surface area (Å²) >= 11 is 0. The molecular formula is C14H23NO3S. The van der Waals surface area contributed by atoms with Crippen LogP contribution in [-0.2, 0) is 9.84 Å². The van der Waals surface area contributed by atoms with Crippen molar-refractivity contribution in [2.45, 2.75) is 37.1 Å². The Kier molecular flexibility index (Phi) is 6.48. The van der Waals surface area contributed by atoms with Gasteiger partial charge in [-0.2, -0.15) is 0 Å². The van der Waals surface area contributed by atoms with Crippen molar-refractivity contribution >= 4 is 9.84 Å². The highest BCUT2D eigenvalue weighted by atomic mass is 32.2. The Morgan fingerprint density at radius 2 is 1.79 bits per heavy atom. The van der Waals surface area contributed by atoms with Gasteiger partial charge in [0.1, 0.15) is 0 Å². The van der Waals surface area contributed by atoms with Crippen molar-refractivity contribution in [3.8, 4) is 0 Å². The van der Waals surface area contributed by atoms with Gasteiger partial charge in [-0.25, -0.2) is 8.42 Å². The quantitative estimate of drug-likeness (QED) is 0.716. The average Bonchev–Trinajstić information content (AvgIpc) is 2.37. The SMILES string of the molecule is CC(NCCCCCO)c1ccc(S(C)(=O)=O)cc1. The summed E-state index contributed by atoms with van der Waals surface area (Å²) in [5.74, 6) is 0. The number of sulfone groups is 1. The topological polar surface area (TPSA) is 66.4 Å². The van der Waals surface area contributed by atoms with E-state index in [2.05, 4.69) is 12.2 Å². The third-order valence-corrected chi connectivity index (χ3v) is 4.22. The lowest BCUT2D eigenvalue weighted by Crippen LogP contribution is -2.19. The van der Waals surface area contributed by atoms with E-state index >= 15 is 0 Å². The van der Waals surface area contributed by atoms with Crippen LogP contribution in [0.5, 0.6) is 0 Å². The van der Waals surface area contributed by atoms with E-state index in [-0.39, 0.29) is 12.6 Å². The zero-order chi connectivity index (χ0) is 14.3. The van der Waals surface area contributed by atoms with Crippen LogP contribution in [-0.4, -0.2) is 32.9 Å².